The smallest absolute Gasteiger partial charge is 0.342 e. The average Bonchev–Trinajstić information content (AvgIpc) is 3.03. The second-order valence-corrected chi connectivity index (χ2v) is 7.87. The van der Waals surface area contributed by atoms with Crippen molar-refractivity contribution < 1.29 is 17.9 Å². The molecule has 140 valence electrons. The number of hydrogen-bond acceptors (Lipinski definition) is 5. The minimum Gasteiger partial charge on any atom is -0.497 e. The highest BCUT2D eigenvalue weighted by atomic mass is 35.5. The Labute approximate surface area is 160 Å². The second-order valence-electron chi connectivity index (χ2n) is 5.62. The fourth-order valence-corrected chi connectivity index (χ4v) is 3.80. The normalized spacial score (nSPS) is 11.3. The standard InChI is InChI=1S/C18H15ClN2O5S/c1-26-15-6-2-13(3-7-15)17(22)12-20-10-11-21(18(20)23)27(24,25)16-8-4-14(19)5-9-16/h2-11H,12H2,1H3. The van der Waals surface area contributed by atoms with Crippen LogP contribution in [0.5, 0.6) is 5.75 Å². The zero-order valence-electron chi connectivity index (χ0n) is 14.2. The van der Waals surface area contributed by atoms with Gasteiger partial charge in [0.25, 0.3) is 10.0 Å². The van der Waals surface area contributed by atoms with Crippen molar-refractivity contribution in [2.75, 3.05) is 7.11 Å². The molecular weight excluding hydrogens is 392 g/mol. The van der Waals surface area contributed by atoms with E-state index in [0.717, 1.165) is 10.8 Å². The highest BCUT2D eigenvalue weighted by Gasteiger charge is 2.21. The minimum absolute atomic E-state index is 0.0757. The maximum Gasteiger partial charge on any atom is 0.342 e. The molecule has 3 rings (SSSR count). The Morgan fingerprint density at radius 2 is 1.67 bits per heavy atom. The highest BCUT2D eigenvalue weighted by Crippen LogP contribution is 2.16. The Morgan fingerprint density at radius 3 is 2.26 bits per heavy atom. The molecule has 0 aliphatic rings. The fourth-order valence-electron chi connectivity index (χ4n) is 2.44. The molecule has 0 atom stereocenters. The van der Waals surface area contributed by atoms with E-state index in [1.165, 1.54) is 37.6 Å². The van der Waals surface area contributed by atoms with Crippen LogP contribution in [0.1, 0.15) is 10.4 Å². The molecule has 1 heterocycles. The molecule has 0 amide bonds. The van der Waals surface area contributed by atoms with Crippen molar-refractivity contribution in [1.82, 2.24) is 8.54 Å². The van der Waals surface area contributed by atoms with Gasteiger partial charge in [-0.3, -0.25) is 9.36 Å². The topological polar surface area (TPSA) is 87.4 Å². The quantitative estimate of drug-likeness (QED) is 0.587. The number of ether oxygens (including phenoxy) is 1. The van der Waals surface area contributed by atoms with Crippen LogP contribution in [-0.2, 0) is 16.6 Å². The number of nitrogens with zero attached hydrogens (tertiary/aromatic N) is 2. The summed E-state index contributed by atoms with van der Waals surface area (Å²) >= 11 is 5.76. The van der Waals surface area contributed by atoms with Gasteiger partial charge in [-0.05, 0) is 48.5 Å². The van der Waals surface area contributed by atoms with Crippen molar-refractivity contribution in [2.24, 2.45) is 0 Å². The first-order chi connectivity index (χ1) is 12.8. The van der Waals surface area contributed by atoms with Crippen molar-refractivity contribution in [2.45, 2.75) is 11.4 Å². The van der Waals surface area contributed by atoms with Crippen LogP contribution in [0.15, 0.2) is 70.6 Å². The molecule has 0 bridgehead atoms. The van der Waals surface area contributed by atoms with E-state index in [1.54, 1.807) is 24.3 Å². The van der Waals surface area contributed by atoms with Crippen molar-refractivity contribution in [3.05, 3.63) is 82.0 Å². The number of halogens is 1. The Kier molecular flexibility index (Phi) is 5.20. The molecule has 0 spiro atoms. The maximum atomic E-state index is 12.6. The Morgan fingerprint density at radius 1 is 1.04 bits per heavy atom. The number of Topliss-reactive ketones (excluding diaryl/α,β-unsaturated/α-hetero) is 1. The number of aromatic nitrogens is 2. The van der Waals surface area contributed by atoms with E-state index in [0.29, 0.717) is 20.3 Å². The van der Waals surface area contributed by atoms with E-state index in [9.17, 15) is 18.0 Å². The molecule has 0 fully saturated rings. The van der Waals surface area contributed by atoms with Crippen molar-refractivity contribution in [3.8, 4) is 5.75 Å². The van der Waals surface area contributed by atoms with Crippen LogP contribution in [0.2, 0.25) is 5.02 Å². The molecule has 2 aromatic carbocycles. The van der Waals surface area contributed by atoms with Gasteiger partial charge in [-0.25, -0.2) is 13.2 Å². The Bertz CT molecular complexity index is 1130. The van der Waals surface area contributed by atoms with Crippen LogP contribution in [0, 0.1) is 0 Å². The molecule has 0 unspecified atom stereocenters. The summed E-state index contributed by atoms with van der Waals surface area (Å²) < 4.78 is 31.9. The number of rotatable bonds is 6. The van der Waals surface area contributed by atoms with Gasteiger partial charge in [0.1, 0.15) is 5.75 Å². The van der Waals surface area contributed by atoms with E-state index < -0.39 is 15.7 Å². The molecule has 0 radical (unpaired) electrons. The number of carbonyl (C=O) groups is 1. The second kappa shape index (κ2) is 7.42. The van der Waals surface area contributed by atoms with Gasteiger partial charge in [0.05, 0.1) is 18.6 Å². The molecule has 0 saturated carbocycles. The first kappa shape index (κ1) is 18.9. The van der Waals surface area contributed by atoms with Crippen LogP contribution in [0.25, 0.3) is 0 Å². The van der Waals surface area contributed by atoms with Crippen LogP contribution < -0.4 is 10.4 Å². The summed E-state index contributed by atoms with van der Waals surface area (Å²) in [6.45, 7) is -0.283. The number of imidazole rings is 1. The molecule has 0 saturated heterocycles. The van der Waals surface area contributed by atoms with Gasteiger partial charge in [-0.1, -0.05) is 11.6 Å². The third-order valence-corrected chi connectivity index (χ3v) is 5.83. The molecule has 0 aliphatic carbocycles. The number of ketones is 1. The monoisotopic (exact) mass is 406 g/mol. The van der Waals surface area contributed by atoms with Crippen LogP contribution in [-0.4, -0.2) is 29.9 Å². The lowest BCUT2D eigenvalue weighted by Gasteiger charge is -2.05. The molecule has 3 aromatic rings. The van der Waals surface area contributed by atoms with E-state index in [1.807, 2.05) is 0 Å². The largest absolute Gasteiger partial charge is 0.497 e. The molecule has 0 N–H and O–H groups in total. The number of hydrogen-bond donors (Lipinski definition) is 0. The Hall–Kier alpha value is -2.84. The molecule has 27 heavy (non-hydrogen) atoms. The van der Waals surface area contributed by atoms with Crippen molar-refractivity contribution in [3.63, 3.8) is 0 Å². The predicted molar refractivity (Wildman–Crippen MR) is 100 cm³/mol. The van der Waals surface area contributed by atoms with Gasteiger partial charge >= 0.3 is 5.69 Å². The lowest BCUT2D eigenvalue weighted by Crippen LogP contribution is -2.30. The summed E-state index contributed by atoms with van der Waals surface area (Å²) in [7, 11) is -2.56. The maximum absolute atomic E-state index is 12.6. The average molecular weight is 407 g/mol. The lowest BCUT2D eigenvalue weighted by molar-refractivity contribution is 0.0971. The van der Waals surface area contributed by atoms with Crippen molar-refractivity contribution in [1.29, 1.82) is 0 Å². The van der Waals surface area contributed by atoms with Gasteiger partial charge in [0.15, 0.2) is 5.78 Å². The van der Waals surface area contributed by atoms with Crippen LogP contribution in [0.4, 0.5) is 0 Å². The fraction of sp³-hybridized carbons (Fsp3) is 0.111. The van der Waals surface area contributed by atoms with E-state index in [2.05, 4.69) is 0 Å². The van der Waals surface area contributed by atoms with Gasteiger partial charge in [0, 0.05) is 23.0 Å². The van der Waals surface area contributed by atoms with E-state index >= 15 is 0 Å². The van der Waals surface area contributed by atoms with Gasteiger partial charge < -0.3 is 4.74 Å². The van der Waals surface area contributed by atoms with Gasteiger partial charge in [-0.15, -0.1) is 0 Å². The third-order valence-electron chi connectivity index (χ3n) is 3.91. The molecule has 1 aromatic heterocycles. The van der Waals surface area contributed by atoms with E-state index in [-0.39, 0.29) is 17.2 Å². The molecule has 9 heteroatoms. The minimum atomic E-state index is -4.08. The summed E-state index contributed by atoms with van der Waals surface area (Å²) in [6, 6.07) is 11.9. The Balaban J connectivity index is 1.87. The van der Waals surface area contributed by atoms with Gasteiger partial charge in [-0.2, -0.15) is 3.97 Å². The SMILES string of the molecule is COc1ccc(C(=O)Cn2ccn(S(=O)(=O)c3ccc(Cl)cc3)c2=O)cc1. The summed E-state index contributed by atoms with van der Waals surface area (Å²) in [5.41, 5.74) is -0.442. The molecule has 7 nitrogen and oxygen atoms in total. The molecule has 0 aliphatic heterocycles. The number of benzene rings is 2. The van der Waals surface area contributed by atoms with Crippen LogP contribution >= 0.6 is 11.6 Å². The first-order valence-corrected chi connectivity index (χ1v) is 9.61. The van der Waals surface area contributed by atoms with Crippen molar-refractivity contribution >= 4 is 27.4 Å². The van der Waals surface area contributed by atoms with Gasteiger partial charge in [0.2, 0.25) is 0 Å². The highest BCUT2D eigenvalue weighted by molar-refractivity contribution is 7.90. The first-order valence-electron chi connectivity index (χ1n) is 7.79. The summed E-state index contributed by atoms with van der Waals surface area (Å²) in [6.07, 6.45) is 2.38. The predicted octanol–water partition coefficient (Wildman–Crippen LogP) is 2.43. The number of carbonyl (C=O) groups excluding carboxylic acids is 1. The number of methoxy groups -OCH3 is 1. The lowest BCUT2D eigenvalue weighted by atomic mass is 10.1. The summed E-state index contributed by atoms with van der Waals surface area (Å²) in [4.78, 5) is 24.8. The third kappa shape index (κ3) is 3.81. The molecular formula is C18H15ClN2O5S. The van der Waals surface area contributed by atoms with E-state index in [4.69, 9.17) is 16.3 Å². The summed E-state index contributed by atoms with van der Waals surface area (Å²) in [5.74, 6) is 0.269. The summed E-state index contributed by atoms with van der Waals surface area (Å²) in [5, 5.41) is 0.379. The zero-order chi connectivity index (χ0) is 19.6. The van der Waals surface area contributed by atoms with Crippen LogP contribution in [0.3, 0.4) is 0 Å². The zero-order valence-corrected chi connectivity index (χ0v) is 15.8.